The summed E-state index contributed by atoms with van der Waals surface area (Å²) in [4.78, 5) is 0. The smallest absolute Gasteiger partial charge is 0.00344 e. The van der Waals surface area contributed by atoms with Gasteiger partial charge in [0.2, 0.25) is 0 Å². The number of allylic oxidation sites excluding steroid dienone is 4. The zero-order chi connectivity index (χ0) is 12.0. The molecule has 0 saturated carbocycles. The number of hydrogen-bond donors (Lipinski definition) is 0. The molecule has 0 aromatic rings. The minimum Gasteiger partial charge on any atom is -0.0744 e. The highest BCUT2D eigenvalue weighted by Gasteiger charge is 2.34. The van der Waals surface area contributed by atoms with Gasteiger partial charge >= 0.3 is 0 Å². The van der Waals surface area contributed by atoms with Crippen LogP contribution >= 0.6 is 0 Å². The second kappa shape index (κ2) is 3.50. The molecular weight excluding hydrogens is 180 g/mol. The van der Waals surface area contributed by atoms with E-state index >= 15 is 0 Å². The Hall–Kier alpha value is -0.520. The summed E-state index contributed by atoms with van der Waals surface area (Å²) in [7, 11) is 0. The molecule has 86 valence electrons. The summed E-state index contributed by atoms with van der Waals surface area (Å²) in [5.74, 6) is 0.610. The average Bonchev–Trinajstić information content (AvgIpc) is 2.22. The molecule has 1 rings (SSSR count). The molecule has 0 N–H and O–H groups in total. The van der Waals surface area contributed by atoms with Gasteiger partial charge in [-0.25, -0.2) is 0 Å². The monoisotopic (exact) mass is 206 g/mol. The molecule has 0 fully saturated rings. The van der Waals surface area contributed by atoms with Crippen LogP contribution in [0.4, 0.5) is 0 Å². The summed E-state index contributed by atoms with van der Waals surface area (Å²) in [6.45, 7) is 18.5. The summed E-state index contributed by atoms with van der Waals surface area (Å²) in [6, 6.07) is 0. The van der Waals surface area contributed by atoms with Crippen molar-refractivity contribution in [3.8, 4) is 0 Å². The highest BCUT2D eigenvalue weighted by molar-refractivity contribution is 5.48. The summed E-state index contributed by atoms with van der Waals surface area (Å²) < 4.78 is 0. The van der Waals surface area contributed by atoms with Gasteiger partial charge in [0.1, 0.15) is 0 Å². The summed E-state index contributed by atoms with van der Waals surface area (Å²) >= 11 is 0. The molecule has 15 heavy (non-hydrogen) atoms. The topological polar surface area (TPSA) is 0 Å². The average molecular weight is 206 g/mol. The third-order valence-corrected chi connectivity index (χ3v) is 3.18. The van der Waals surface area contributed by atoms with Crippen molar-refractivity contribution in [3.05, 3.63) is 22.8 Å². The van der Waals surface area contributed by atoms with Gasteiger partial charge in [0.25, 0.3) is 0 Å². The lowest BCUT2D eigenvalue weighted by Crippen LogP contribution is -2.20. The molecule has 1 unspecified atom stereocenters. The third kappa shape index (κ3) is 2.35. The summed E-state index contributed by atoms with van der Waals surface area (Å²) in [5, 5.41) is 0. The van der Waals surface area contributed by atoms with Gasteiger partial charge in [-0.15, -0.1) is 0 Å². The Morgan fingerprint density at radius 2 is 1.40 bits per heavy atom. The van der Waals surface area contributed by atoms with Crippen molar-refractivity contribution in [2.45, 2.75) is 55.4 Å². The zero-order valence-electron chi connectivity index (χ0n) is 11.7. The molecule has 1 aliphatic rings. The van der Waals surface area contributed by atoms with Crippen molar-refractivity contribution < 1.29 is 0 Å². The van der Waals surface area contributed by atoms with Gasteiger partial charge in [-0.1, -0.05) is 65.7 Å². The minimum absolute atomic E-state index is 0.272. The van der Waals surface area contributed by atoms with Crippen LogP contribution in [0, 0.1) is 16.7 Å². The maximum absolute atomic E-state index is 2.42. The van der Waals surface area contributed by atoms with E-state index in [0.29, 0.717) is 5.92 Å². The fourth-order valence-corrected chi connectivity index (χ4v) is 3.04. The predicted molar refractivity (Wildman–Crippen MR) is 68.9 cm³/mol. The fraction of sp³-hybridized carbons (Fsp3) is 0.733. The summed E-state index contributed by atoms with van der Waals surface area (Å²) in [5.41, 5.74) is 5.26. The van der Waals surface area contributed by atoms with E-state index in [0.717, 1.165) is 0 Å². The Kier molecular flexibility index (Phi) is 2.93. The van der Waals surface area contributed by atoms with E-state index in [4.69, 9.17) is 0 Å². The molecule has 0 aliphatic heterocycles. The van der Waals surface area contributed by atoms with E-state index in [1.807, 2.05) is 0 Å². The molecule has 1 atom stereocenters. The first-order chi connectivity index (χ1) is 6.55. The van der Waals surface area contributed by atoms with Crippen LogP contribution in [0.3, 0.4) is 0 Å². The van der Waals surface area contributed by atoms with Gasteiger partial charge in [0, 0.05) is 0 Å². The Morgan fingerprint density at radius 3 is 1.67 bits per heavy atom. The minimum atomic E-state index is 0.272. The fourth-order valence-electron chi connectivity index (χ4n) is 3.04. The quantitative estimate of drug-likeness (QED) is 0.525. The number of rotatable bonds is 0. The van der Waals surface area contributed by atoms with Crippen molar-refractivity contribution in [1.82, 2.24) is 0 Å². The lowest BCUT2D eigenvalue weighted by atomic mass is 9.73. The van der Waals surface area contributed by atoms with E-state index in [9.17, 15) is 0 Å². The first-order valence-corrected chi connectivity index (χ1v) is 5.99. The molecule has 0 radical (unpaired) electrons. The van der Waals surface area contributed by atoms with Crippen molar-refractivity contribution in [2.24, 2.45) is 16.7 Å². The van der Waals surface area contributed by atoms with E-state index in [2.05, 4.69) is 61.5 Å². The molecule has 0 amide bonds. The Morgan fingerprint density at radius 1 is 0.933 bits per heavy atom. The van der Waals surface area contributed by atoms with Crippen LogP contribution in [0.25, 0.3) is 0 Å². The molecule has 0 spiro atoms. The van der Waals surface area contributed by atoms with Crippen molar-refractivity contribution in [1.29, 1.82) is 0 Å². The zero-order valence-corrected chi connectivity index (χ0v) is 11.7. The van der Waals surface area contributed by atoms with Gasteiger partial charge < -0.3 is 0 Å². The van der Waals surface area contributed by atoms with Gasteiger partial charge in [-0.05, 0) is 29.2 Å². The van der Waals surface area contributed by atoms with Gasteiger partial charge in [-0.3, -0.25) is 0 Å². The molecule has 0 saturated heterocycles. The van der Waals surface area contributed by atoms with Crippen LogP contribution in [0.5, 0.6) is 0 Å². The maximum atomic E-state index is 2.42. The second-order valence-corrected chi connectivity index (χ2v) is 6.93. The summed E-state index contributed by atoms with van der Waals surface area (Å²) in [6.07, 6.45) is 2.42. The van der Waals surface area contributed by atoms with Crippen molar-refractivity contribution >= 4 is 0 Å². The molecule has 0 heterocycles. The van der Waals surface area contributed by atoms with Crippen molar-refractivity contribution in [3.63, 3.8) is 0 Å². The van der Waals surface area contributed by atoms with Gasteiger partial charge in [0.05, 0.1) is 0 Å². The molecule has 0 aromatic heterocycles. The third-order valence-electron chi connectivity index (χ3n) is 3.18. The lowest BCUT2D eigenvalue weighted by Gasteiger charge is -2.32. The van der Waals surface area contributed by atoms with E-state index < -0.39 is 0 Å². The maximum Gasteiger partial charge on any atom is -0.00344 e. The first kappa shape index (κ1) is 12.5. The van der Waals surface area contributed by atoms with Crippen LogP contribution in [0.15, 0.2) is 22.8 Å². The Balaban J connectivity index is 3.36. The molecule has 0 bridgehead atoms. The van der Waals surface area contributed by atoms with Crippen LogP contribution in [-0.4, -0.2) is 0 Å². The molecule has 0 aromatic carbocycles. The van der Waals surface area contributed by atoms with E-state index in [1.165, 1.54) is 5.57 Å². The normalized spacial score (nSPS) is 23.5. The predicted octanol–water partition coefficient (Wildman–Crippen LogP) is 4.97. The SMILES string of the molecule is CC1=CC(C)C(C(C)(C)C)=C1C(C)(C)C. The van der Waals surface area contributed by atoms with Crippen LogP contribution < -0.4 is 0 Å². The lowest BCUT2D eigenvalue weighted by molar-refractivity contribution is 0.429. The molecular formula is C15H26. The van der Waals surface area contributed by atoms with E-state index in [-0.39, 0.29) is 10.8 Å². The standard InChI is InChI=1S/C15H26/c1-10-9-11(2)13(15(6,7)8)12(10)14(3,4)5/h9-10H,1-8H3. The van der Waals surface area contributed by atoms with Crippen LogP contribution in [0.2, 0.25) is 0 Å². The van der Waals surface area contributed by atoms with Gasteiger partial charge in [0.15, 0.2) is 0 Å². The van der Waals surface area contributed by atoms with Crippen molar-refractivity contribution in [2.75, 3.05) is 0 Å². The largest absolute Gasteiger partial charge is 0.0744 e. The van der Waals surface area contributed by atoms with Gasteiger partial charge in [-0.2, -0.15) is 0 Å². The molecule has 0 nitrogen and oxygen atoms in total. The number of hydrogen-bond acceptors (Lipinski definition) is 0. The first-order valence-electron chi connectivity index (χ1n) is 5.99. The Bertz CT molecular complexity index is 313. The second-order valence-electron chi connectivity index (χ2n) is 6.93. The highest BCUT2D eigenvalue weighted by atomic mass is 14.4. The highest BCUT2D eigenvalue weighted by Crippen LogP contribution is 2.48. The molecule has 1 aliphatic carbocycles. The Labute approximate surface area is 95.5 Å². The van der Waals surface area contributed by atoms with E-state index in [1.54, 1.807) is 11.1 Å². The van der Waals surface area contributed by atoms with Crippen LogP contribution in [-0.2, 0) is 0 Å². The van der Waals surface area contributed by atoms with Crippen LogP contribution in [0.1, 0.15) is 55.4 Å². The molecule has 0 heteroatoms.